The molecule has 174 valence electrons. The minimum Gasteiger partial charge on any atom is -0.491 e. The summed E-state index contributed by atoms with van der Waals surface area (Å²) in [6, 6.07) is 9.20. The Kier molecular flexibility index (Phi) is 11.0. The molecule has 0 bridgehead atoms. The van der Waals surface area contributed by atoms with E-state index in [1.54, 1.807) is 12.1 Å². The highest BCUT2D eigenvalue weighted by atomic mass is 16.5. The Morgan fingerprint density at radius 2 is 1.87 bits per heavy atom. The van der Waals surface area contributed by atoms with Gasteiger partial charge in [0, 0.05) is 18.8 Å². The minimum absolute atomic E-state index is 0.0134. The molecule has 5 atom stereocenters. The van der Waals surface area contributed by atoms with Crippen molar-refractivity contribution in [3.05, 3.63) is 42.5 Å². The van der Waals surface area contributed by atoms with Crippen LogP contribution >= 0.6 is 0 Å². The summed E-state index contributed by atoms with van der Waals surface area (Å²) in [7, 11) is 0. The number of aliphatic hydroxyl groups is 3. The Labute approximate surface area is 184 Å². The van der Waals surface area contributed by atoms with Crippen molar-refractivity contribution in [3.8, 4) is 5.75 Å². The van der Waals surface area contributed by atoms with Gasteiger partial charge in [-0.3, -0.25) is 4.79 Å². The smallest absolute Gasteiger partial charge is 0.306 e. The number of carbonyl (C=O) groups excluding carboxylic acids is 1. The molecule has 1 fully saturated rings. The highest BCUT2D eigenvalue weighted by molar-refractivity contribution is 5.69. The van der Waals surface area contributed by atoms with Crippen LogP contribution in [0.25, 0.3) is 0 Å². The number of esters is 1. The van der Waals surface area contributed by atoms with Crippen LogP contribution in [0.3, 0.4) is 0 Å². The summed E-state index contributed by atoms with van der Waals surface area (Å²) in [6.45, 7) is 3.75. The maximum Gasteiger partial charge on any atom is 0.306 e. The Balaban J connectivity index is 1.70. The first-order valence-electron chi connectivity index (χ1n) is 11.0. The maximum atomic E-state index is 11.5. The van der Waals surface area contributed by atoms with E-state index in [-0.39, 0.29) is 37.6 Å². The molecule has 0 aromatic heterocycles. The fraction of sp³-hybridized carbons (Fsp3) is 0.625. The molecule has 7 nitrogen and oxygen atoms in total. The van der Waals surface area contributed by atoms with Crippen molar-refractivity contribution in [2.45, 2.75) is 76.5 Å². The Bertz CT molecular complexity index is 661. The van der Waals surface area contributed by atoms with E-state index in [1.807, 2.05) is 44.2 Å². The molecule has 0 unspecified atom stereocenters. The average Bonchev–Trinajstić information content (AvgIpc) is 3.00. The van der Waals surface area contributed by atoms with Crippen LogP contribution in [0.2, 0.25) is 0 Å². The zero-order chi connectivity index (χ0) is 22.6. The number of ether oxygens (including phenoxy) is 3. The summed E-state index contributed by atoms with van der Waals surface area (Å²) in [5, 5.41) is 30.7. The largest absolute Gasteiger partial charge is 0.491 e. The summed E-state index contributed by atoms with van der Waals surface area (Å²) in [5.41, 5.74) is 0. The van der Waals surface area contributed by atoms with E-state index in [9.17, 15) is 20.1 Å². The molecular formula is C24H36O7. The maximum absolute atomic E-state index is 11.5. The van der Waals surface area contributed by atoms with Crippen molar-refractivity contribution in [1.82, 2.24) is 0 Å². The van der Waals surface area contributed by atoms with Crippen molar-refractivity contribution in [2.75, 3.05) is 13.2 Å². The number of rotatable bonds is 13. The summed E-state index contributed by atoms with van der Waals surface area (Å²) in [6.07, 6.45) is 3.61. The molecule has 3 N–H and O–H groups in total. The summed E-state index contributed by atoms with van der Waals surface area (Å²) in [4.78, 5) is 11.5. The van der Waals surface area contributed by atoms with E-state index in [1.165, 1.54) is 0 Å². The van der Waals surface area contributed by atoms with Gasteiger partial charge in [0.1, 0.15) is 18.5 Å². The number of carbonyl (C=O) groups is 1. The number of benzene rings is 1. The normalized spacial score (nSPS) is 24.6. The van der Waals surface area contributed by atoms with E-state index in [0.717, 1.165) is 6.42 Å². The van der Waals surface area contributed by atoms with Gasteiger partial charge >= 0.3 is 5.97 Å². The summed E-state index contributed by atoms with van der Waals surface area (Å²) in [5.74, 6) is 0.221. The highest BCUT2D eigenvalue weighted by Crippen LogP contribution is 2.32. The molecule has 0 spiro atoms. The van der Waals surface area contributed by atoms with Crippen LogP contribution in [0.4, 0.5) is 0 Å². The van der Waals surface area contributed by atoms with E-state index in [2.05, 4.69) is 0 Å². The molecule has 0 aliphatic heterocycles. The quantitative estimate of drug-likeness (QED) is 0.248. The Morgan fingerprint density at radius 1 is 1.13 bits per heavy atom. The van der Waals surface area contributed by atoms with Crippen molar-refractivity contribution in [2.24, 2.45) is 5.92 Å². The molecule has 0 saturated heterocycles. The lowest BCUT2D eigenvalue weighted by molar-refractivity contribution is -0.147. The molecule has 1 aromatic carbocycles. The number of hydrogen-bond acceptors (Lipinski definition) is 7. The third-order valence-electron chi connectivity index (χ3n) is 5.14. The van der Waals surface area contributed by atoms with Gasteiger partial charge in [0.2, 0.25) is 0 Å². The fourth-order valence-electron chi connectivity index (χ4n) is 3.62. The van der Waals surface area contributed by atoms with Gasteiger partial charge in [-0.2, -0.15) is 0 Å². The molecule has 2 rings (SSSR count). The zero-order valence-electron chi connectivity index (χ0n) is 18.4. The first-order chi connectivity index (χ1) is 14.9. The van der Waals surface area contributed by atoms with Crippen molar-refractivity contribution in [3.63, 3.8) is 0 Å². The molecule has 1 aliphatic rings. The lowest BCUT2D eigenvalue weighted by atomic mass is 9.98. The van der Waals surface area contributed by atoms with Crippen molar-refractivity contribution < 1.29 is 34.3 Å². The SMILES string of the molecule is CC(C)OC(=O)CCCC=CC[C@@H]1[C@@H](OC[C@H](O)COc2ccccc2)[C@H](O)C[C@@H]1O. The zero-order valence-corrected chi connectivity index (χ0v) is 18.4. The van der Waals surface area contributed by atoms with E-state index >= 15 is 0 Å². The molecule has 0 amide bonds. The number of unbranched alkanes of at least 4 members (excludes halogenated alkanes) is 1. The van der Waals surface area contributed by atoms with Gasteiger partial charge in [-0.15, -0.1) is 0 Å². The predicted molar refractivity (Wildman–Crippen MR) is 117 cm³/mol. The average molecular weight is 437 g/mol. The van der Waals surface area contributed by atoms with Crippen LogP contribution in [0.1, 0.15) is 46.0 Å². The van der Waals surface area contributed by atoms with Crippen LogP contribution in [0, 0.1) is 5.92 Å². The third-order valence-corrected chi connectivity index (χ3v) is 5.14. The second-order valence-electron chi connectivity index (χ2n) is 8.25. The van der Waals surface area contributed by atoms with E-state index < -0.39 is 24.4 Å². The van der Waals surface area contributed by atoms with Gasteiger partial charge in [0.15, 0.2) is 0 Å². The summed E-state index contributed by atoms with van der Waals surface area (Å²) < 4.78 is 16.4. The van der Waals surface area contributed by atoms with Gasteiger partial charge in [0.25, 0.3) is 0 Å². The van der Waals surface area contributed by atoms with Crippen LogP contribution in [0.15, 0.2) is 42.5 Å². The van der Waals surface area contributed by atoms with Crippen molar-refractivity contribution in [1.29, 1.82) is 0 Å². The van der Waals surface area contributed by atoms with Gasteiger partial charge in [0.05, 0.1) is 31.0 Å². The second-order valence-corrected chi connectivity index (χ2v) is 8.25. The van der Waals surface area contributed by atoms with E-state index in [4.69, 9.17) is 14.2 Å². The third kappa shape index (κ3) is 9.39. The van der Waals surface area contributed by atoms with Gasteiger partial charge in [-0.05, 0) is 45.2 Å². The number of aliphatic hydroxyl groups excluding tert-OH is 3. The topological polar surface area (TPSA) is 105 Å². The standard InChI is InChI=1S/C24H36O7/c1-17(2)31-23(28)13-9-4-3-8-12-20-21(26)14-22(27)24(20)30-16-18(25)15-29-19-10-6-5-7-11-19/h3,5-8,10-11,17-18,20-22,24-27H,4,9,12-16H2,1-2H3/t18-,20+,21+,22-,24-/m1/s1. The lowest BCUT2D eigenvalue weighted by Gasteiger charge is -2.24. The van der Waals surface area contributed by atoms with E-state index in [0.29, 0.717) is 25.0 Å². The van der Waals surface area contributed by atoms with Crippen LogP contribution in [-0.2, 0) is 14.3 Å². The predicted octanol–water partition coefficient (Wildman–Crippen LogP) is 2.62. The Hall–Kier alpha value is -1.93. The fourth-order valence-corrected chi connectivity index (χ4v) is 3.62. The monoisotopic (exact) mass is 436 g/mol. The van der Waals surface area contributed by atoms with Gasteiger partial charge < -0.3 is 29.5 Å². The van der Waals surface area contributed by atoms with Gasteiger partial charge in [-0.25, -0.2) is 0 Å². The minimum atomic E-state index is -0.841. The Morgan fingerprint density at radius 3 is 2.58 bits per heavy atom. The second kappa shape index (κ2) is 13.5. The van der Waals surface area contributed by atoms with Crippen LogP contribution in [-0.4, -0.2) is 65.0 Å². The highest BCUT2D eigenvalue weighted by Gasteiger charge is 2.42. The first-order valence-corrected chi connectivity index (χ1v) is 11.0. The number of hydrogen-bond donors (Lipinski definition) is 3. The molecule has 1 saturated carbocycles. The molecular weight excluding hydrogens is 400 g/mol. The molecule has 31 heavy (non-hydrogen) atoms. The van der Waals surface area contributed by atoms with Gasteiger partial charge in [-0.1, -0.05) is 30.4 Å². The van der Waals surface area contributed by atoms with Crippen LogP contribution in [0.5, 0.6) is 5.75 Å². The lowest BCUT2D eigenvalue weighted by Crippen LogP contribution is -2.34. The molecule has 7 heteroatoms. The molecule has 1 aliphatic carbocycles. The molecule has 0 heterocycles. The first kappa shape index (κ1) is 25.3. The molecule has 0 radical (unpaired) electrons. The summed E-state index contributed by atoms with van der Waals surface area (Å²) >= 11 is 0. The number of allylic oxidation sites excluding steroid dienone is 2. The van der Waals surface area contributed by atoms with Crippen molar-refractivity contribution >= 4 is 5.97 Å². The number of para-hydroxylation sites is 1. The molecule has 1 aromatic rings. The van der Waals surface area contributed by atoms with Crippen LogP contribution < -0.4 is 4.74 Å².